The van der Waals surface area contributed by atoms with Crippen molar-refractivity contribution in [3.63, 3.8) is 0 Å². The van der Waals surface area contributed by atoms with Crippen LogP contribution >= 0.6 is 12.2 Å². The van der Waals surface area contributed by atoms with Crippen LogP contribution in [0.4, 0.5) is 5.69 Å². The van der Waals surface area contributed by atoms with Crippen molar-refractivity contribution < 1.29 is 4.79 Å². The smallest absolute Gasteiger partial charge is 0.227 e. The van der Waals surface area contributed by atoms with E-state index >= 15 is 0 Å². The van der Waals surface area contributed by atoms with Gasteiger partial charge in [0.05, 0.1) is 16.7 Å². The molecule has 1 amide bonds. The first-order valence-corrected chi connectivity index (χ1v) is 7.44. The van der Waals surface area contributed by atoms with Crippen molar-refractivity contribution in [1.82, 2.24) is 10.3 Å². The van der Waals surface area contributed by atoms with Crippen molar-refractivity contribution in [2.75, 3.05) is 25.0 Å². The first-order valence-electron chi connectivity index (χ1n) is 7.03. The third-order valence-corrected chi connectivity index (χ3v) is 4.35. The number of amides is 1. The maximum absolute atomic E-state index is 12.1. The number of pyridine rings is 1. The minimum atomic E-state index is -0.382. The monoisotopic (exact) mass is 306 g/mol. The van der Waals surface area contributed by atoms with Crippen LogP contribution in [-0.2, 0) is 4.79 Å². The summed E-state index contributed by atoms with van der Waals surface area (Å²) >= 11 is 5.18. The maximum Gasteiger partial charge on any atom is 0.227 e. The Hall–Kier alpha value is -1.69. The van der Waals surface area contributed by atoms with Crippen LogP contribution in [0.5, 0.6) is 0 Å². The number of carbonyl (C=O) groups is 1. The van der Waals surface area contributed by atoms with Crippen LogP contribution in [0.2, 0.25) is 0 Å². The summed E-state index contributed by atoms with van der Waals surface area (Å²) in [6.45, 7) is 7.33. The second-order valence-corrected chi connectivity index (χ2v) is 6.36. The number of thiocarbonyl (C=S) groups is 1. The largest absolute Gasteiger partial charge is 0.389 e. The van der Waals surface area contributed by atoms with E-state index < -0.39 is 0 Å². The fourth-order valence-electron chi connectivity index (χ4n) is 3.02. The van der Waals surface area contributed by atoms with Crippen LogP contribution in [-0.4, -0.2) is 36.0 Å². The molecule has 0 aromatic carbocycles. The highest BCUT2D eigenvalue weighted by atomic mass is 32.1. The minimum Gasteiger partial charge on any atom is -0.389 e. The van der Waals surface area contributed by atoms with Crippen LogP contribution in [0.3, 0.4) is 0 Å². The van der Waals surface area contributed by atoms with Crippen LogP contribution in [0.25, 0.3) is 0 Å². The predicted octanol–water partition coefficient (Wildman–Crippen LogP) is 1.30. The summed E-state index contributed by atoms with van der Waals surface area (Å²) in [5, 5.41) is 2.75. The number of rotatable bonds is 3. The molecule has 0 bridgehead atoms. The molecule has 3 N–H and O–H groups in total. The van der Waals surface area contributed by atoms with E-state index in [4.69, 9.17) is 18.0 Å². The lowest BCUT2D eigenvalue weighted by molar-refractivity contribution is -0.128. The van der Waals surface area contributed by atoms with E-state index in [1.807, 2.05) is 26.8 Å². The number of aryl methyl sites for hydroxylation is 2. The molecule has 0 aliphatic carbocycles. The third kappa shape index (κ3) is 2.85. The van der Waals surface area contributed by atoms with E-state index in [9.17, 15) is 4.79 Å². The molecule has 1 aliphatic rings. The number of nitrogens with two attached hydrogens (primary N) is 1. The molecule has 1 saturated heterocycles. The Balaban J connectivity index is 2.40. The van der Waals surface area contributed by atoms with E-state index in [1.165, 1.54) is 0 Å². The summed E-state index contributed by atoms with van der Waals surface area (Å²) in [5.74, 6) is 0.0735. The van der Waals surface area contributed by atoms with Crippen LogP contribution in [0, 0.1) is 19.3 Å². The number of nitrogens with zero attached hydrogens (tertiary/aromatic N) is 2. The molecule has 1 fully saturated rings. The molecule has 6 heteroatoms. The average molecular weight is 306 g/mol. The second kappa shape index (κ2) is 5.60. The van der Waals surface area contributed by atoms with E-state index in [1.54, 1.807) is 7.05 Å². The highest BCUT2D eigenvalue weighted by Gasteiger charge is 2.40. The summed E-state index contributed by atoms with van der Waals surface area (Å²) in [4.78, 5) is 19.0. The minimum absolute atomic E-state index is 0.0735. The number of carbonyl (C=O) groups excluding carboxylic acids is 1. The number of hydrogen-bond donors (Lipinski definition) is 2. The summed E-state index contributed by atoms with van der Waals surface area (Å²) in [5.41, 5.74) is 9.06. The quantitative estimate of drug-likeness (QED) is 0.824. The lowest BCUT2D eigenvalue weighted by Crippen LogP contribution is -2.39. The van der Waals surface area contributed by atoms with Gasteiger partial charge in [0.15, 0.2) is 0 Å². The number of anilines is 1. The van der Waals surface area contributed by atoms with Crippen molar-refractivity contribution in [3.05, 3.63) is 23.0 Å². The topological polar surface area (TPSA) is 71.2 Å². The summed E-state index contributed by atoms with van der Waals surface area (Å²) in [6.07, 6.45) is 0.809. The molecular weight excluding hydrogens is 284 g/mol. The Bertz CT molecular complexity index is 602. The molecule has 1 aromatic heterocycles. The Morgan fingerprint density at radius 3 is 2.76 bits per heavy atom. The van der Waals surface area contributed by atoms with Gasteiger partial charge in [-0.2, -0.15) is 0 Å². The van der Waals surface area contributed by atoms with Crippen molar-refractivity contribution >= 4 is 28.8 Å². The Kier molecular flexibility index (Phi) is 4.18. The molecular formula is C15H22N4OS. The normalized spacial score (nSPS) is 21.4. The van der Waals surface area contributed by atoms with Gasteiger partial charge in [-0.3, -0.25) is 9.78 Å². The zero-order valence-electron chi connectivity index (χ0n) is 13.0. The Morgan fingerprint density at radius 2 is 2.19 bits per heavy atom. The number of hydrogen-bond acceptors (Lipinski definition) is 4. The van der Waals surface area contributed by atoms with Gasteiger partial charge in [0.2, 0.25) is 5.91 Å². The van der Waals surface area contributed by atoms with Gasteiger partial charge < -0.3 is 16.0 Å². The number of aromatic nitrogens is 1. The lowest BCUT2D eigenvalue weighted by atomic mass is 9.89. The summed E-state index contributed by atoms with van der Waals surface area (Å²) in [6, 6.07) is 2.00. The highest BCUT2D eigenvalue weighted by molar-refractivity contribution is 7.80. The van der Waals surface area contributed by atoms with E-state index in [0.717, 1.165) is 35.6 Å². The highest BCUT2D eigenvalue weighted by Crippen LogP contribution is 2.35. The van der Waals surface area contributed by atoms with Gasteiger partial charge in [-0.1, -0.05) is 12.2 Å². The van der Waals surface area contributed by atoms with Crippen molar-refractivity contribution in [3.8, 4) is 0 Å². The van der Waals surface area contributed by atoms with Crippen LogP contribution in [0.15, 0.2) is 6.07 Å². The average Bonchev–Trinajstić information content (AvgIpc) is 2.80. The molecule has 2 heterocycles. The molecule has 5 nitrogen and oxygen atoms in total. The third-order valence-electron chi connectivity index (χ3n) is 4.14. The molecule has 1 unspecified atom stereocenters. The van der Waals surface area contributed by atoms with Crippen molar-refractivity contribution in [1.29, 1.82) is 0 Å². The van der Waals surface area contributed by atoms with Crippen molar-refractivity contribution in [2.45, 2.75) is 27.2 Å². The van der Waals surface area contributed by atoms with E-state index in [2.05, 4.69) is 15.2 Å². The maximum atomic E-state index is 12.1. The van der Waals surface area contributed by atoms with Gasteiger partial charge in [-0.05, 0) is 33.3 Å². The molecule has 0 saturated carbocycles. The standard InChI is InChI=1S/C15H22N4OS/c1-9-7-11(12(13(16)21)10(2)18-9)19-6-5-15(3,8-19)14(20)17-4/h7H,5-6,8H2,1-4H3,(H2,16,21)(H,17,20). The second-order valence-electron chi connectivity index (χ2n) is 5.92. The van der Waals surface area contributed by atoms with Gasteiger partial charge in [-0.25, -0.2) is 0 Å². The first-order chi connectivity index (χ1) is 9.78. The van der Waals surface area contributed by atoms with Crippen LogP contribution < -0.4 is 16.0 Å². The van der Waals surface area contributed by atoms with Gasteiger partial charge >= 0.3 is 0 Å². The first kappa shape index (κ1) is 15.7. The zero-order valence-corrected chi connectivity index (χ0v) is 13.8. The van der Waals surface area contributed by atoms with Crippen LogP contribution in [0.1, 0.15) is 30.3 Å². The van der Waals surface area contributed by atoms with Gasteiger partial charge in [0.25, 0.3) is 0 Å². The number of nitrogens with one attached hydrogen (secondary N) is 1. The molecule has 114 valence electrons. The van der Waals surface area contributed by atoms with Crippen molar-refractivity contribution in [2.24, 2.45) is 11.1 Å². The van der Waals surface area contributed by atoms with E-state index in [-0.39, 0.29) is 11.3 Å². The predicted molar refractivity (Wildman–Crippen MR) is 88.6 cm³/mol. The zero-order chi connectivity index (χ0) is 15.8. The van der Waals surface area contributed by atoms with Gasteiger partial charge in [-0.15, -0.1) is 0 Å². The summed E-state index contributed by atoms with van der Waals surface area (Å²) < 4.78 is 0. The fraction of sp³-hybridized carbons (Fsp3) is 0.533. The molecule has 0 spiro atoms. The summed E-state index contributed by atoms with van der Waals surface area (Å²) in [7, 11) is 1.68. The molecule has 1 aliphatic heterocycles. The SMILES string of the molecule is CNC(=O)C1(C)CCN(c2cc(C)nc(C)c2C(N)=S)C1. The molecule has 0 radical (unpaired) electrons. The lowest BCUT2D eigenvalue weighted by Gasteiger charge is -2.26. The molecule has 2 rings (SSSR count). The molecule has 21 heavy (non-hydrogen) atoms. The van der Waals surface area contributed by atoms with Gasteiger partial charge in [0, 0.05) is 31.5 Å². The van der Waals surface area contributed by atoms with Gasteiger partial charge in [0.1, 0.15) is 4.99 Å². The Morgan fingerprint density at radius 1 is 1.52 bits per heavy atom. The van der Waals surface area contributed by atoms with E-state index in [0.29, 0.717) is 11.5 Å². The molecule has 1 atom stereocenters. The fourth-order valence-corrected chi connectivity index (χ4v) is 3.27. The molecule has 1 aromatic rings. The Labute approximate surface area is 130 Å².